The molecule has 7 heteroatoms. The van der Waals surface area contributed by atoms with Gasteiger partial charge < -0.3 is 14.6 Å². The average Bonchev–Trinajstić information content (AvgIpc) is 3.51. The van der Waals surface area contributed by atoms with Gasteiger partial charge in [-0.1, -0.05) is 12.1 Å². The number of carbonyl (C=O) groups excluding carboxylic acids is 1. The van der Waals surface area contributed by atoms with Gasteiger partial charge in [0.05, 0.1) is 36.4 Å². The van der Waals surface area contributed by atoms with E-state index in [-0.39, 0.29) is 11.9 Å². The van der Waals surface area contributed by atoms with E-state index in [2.05, 4.69) is 10.1 Å². The minimum atomic E-state index is -0.0449. The third-order valence-electron chi connectivity index (χ3n) is 6.19. The van der Waals surface area contributed by atoms with Crippen LogP contribution in [-0.4, -0.2) is 44.2 Å². The Morgan fingerprint density at radius 3 is 2.78 bits per heavy atom. The number of nitrogens with one attached hydrogen (secondary N) is 1. The van der Waals surface area contributed by atoms with Gasteiger partial charge in [-0.2, -0.15) is 5.10 Å². The molecule has 1 amide bonds. The van der Waals surface area contributed by atoms with E-state index in [1.165, 1.54) is 0 Å². The first-order valence-electron chi connectivity index (χ1n) is 11.0. The van der Waals surface area contributed by atoms with Gasteiger partial charge in [0.1, 0.15) is 11.6 Å². The summed E-state index contributed by atoms with van der Waals surface area (Å²) in [6, 6.07) is 15.6. The van der Waals surface area contributed by atoms with Crippen molar-refractivity contribution in [1.29, 1.82) is 0 Å². The summed E-state index contributed by atoms with van der Waals surface area (Å²) in [5.74, 6) is 1.63. The van der Waals surface area contributed by atoms with Crippen molar-refractivity contribution in [2.75, 3.05) is 13.7 Å². The smallest absolute Gasteiger partial charge is 0.254 e. The zero-order valence-corrected chi connectivity index (χ0v) is 18.6. The molecule has 1 fully saturated rings. The van der Waals surface area contributed by atoms with E-state index in [9.17, 15) is 4.79 Å². The number of aryl methyl sites for hydroxylation is 2. The molecule has 0 saturated carbocycles. The van der Waals surface area contributed by atoms with E-state index in [0.29, 0.717) is 12.1 Å². The highest BCUT2D eigenvalue weighted by atomic mass is 16.5. The summed E-state index contributed by atoms with van der Waals surface area (Å²) in [7, 11) is 1.65. The summed E-state index contributed by atoms with van der Waals surface area (Å²) in [5, 5.41) is 4.56. The number of amides is 1. The maximum absolute atomic E-state index is 13.5. The lowest BCUT2D eigenvalue weighted by atomic mass is 10.1. The number of rotatable bonds is 5. The number of aromatic amines is 1. The van der Waals surface area contributed by atoms with E-state index in [4.69, 9.17) is 9.72 Å². The first-order valence-corrected chi connectivity index (χ1v) is 11.0. The molecule has 1 aliphatic rings. The van der Waals surface area contributed by atoms with Gasteiger partial charge in [-0.3, -0.25) is 9.48 Å². The molecule has 0 aliphatic carbocycles. The van der Waals surface area contributed by atoms with Gasteiger partial charge in [-0.15, -0.1) is 0 Å². The number of H-pyrrole nitrogens is 1. The fourth-order valence-electron chi connectivity index (χ4n) is 4.62. The second kappa shape index (κ2) is 8.15. The van der Waals surface area contributed by atoms with Crippen molar-refractivity contribution in [1.82, 2.24) is 24.6 Å². The summed E-state index contributed by atoms with van der Waals surface area (Å²) >= 11 is 0. The van der Waals surface area contributed by atoms with E-state index >= 15 is 0 Å². The zero-order chi connectivity index (χ0) is 22.2. The molecule has 0 unspecified atom stereocenters. The first-order chi connectivity index (χ1) is 15.5. The fourth-order valence-corrected chi connectivity index (χ4v) is 4.62. The summed E-state index contributed by atoms with van der Waals surface area (Å²) in [4.78, 5) is 23.6. The van der Waals surface area contributed by atoms with Crippen LogP contribution in [0.3, 0.4) is 0 Å². The lowest BCUT2D eigenvalue weighted by molar-refractivity contribution is 0.0730. The van der Waals surface area contributed by atoms with Crippen LogP contribution in [-0.2, 0) is 6.54 Å². The normalized spacial score (nSPS) is 16.1. The Balaban J connectivity index is 1.44. The van der Waals surface area contributed by atoms with Crippen molar-refractivity contribution in [2.45, 2.75) is 39.3 Å². The topological polar surface area (TPSA) is 76.0 Å². The highest BCUT2D eigenvalue weighted by Crippen LogP contribution is 2.33. The number of ether oxygens (including phenoxy) is 1. The second-order valence-corrected chi connectivity index (χ2v) is 8.41. The molecule has 5 rings (SSSR count). The van der Waals surface area contributed by atoms with Crippen LogP contribution in [0, 0.1) is 13.8 Å². The monoisotopic (exact) mass is 429 g/mol. The number of hydrogen-bond donors (Lipinski definition) is 1. The van der Waals surface area contributed by atoms with Crippen molar-refractivity contribution >= 4 is 16.9 Å². The number of fused-ring (bicyclic) bond motifs is 1. The summed E-state index contributed by atoms with van der Waals surface area (Å²) in [6.45, 7) is 5.28. The van der Waals surface area contributed by atoms with Gasteiger partial charge in [0.15, 0.2) is 0 Å². The Morgan fingerprint density at radius 2 is 2.03 bits per heavy atom. The highest BCUT2D eigenvalue weighted by molar-refractivity contribution is 5.95. The average molecular weight is 430 g/mol. The SMILES string of the molecule is COc1ccc(C(=O)N2CCC[C@H]2c2nc3ccccc3[nH]2)cc1Cn1nc(C)cc1C. The number of para-hydroxylation sites is 2. The number of methoxy groups -OCH3 is 1. The highest BCUT2D eigenvalue weighted by Gasteiger charge is 2.33. The molecule has 1 saturated heterocycles. The fraction of sp³-hybridized carbons (Fsp3) is 0.320. The molecule has 3 heterocycles. The molecule has 0 bridgehead atoms. The van der Waals surface area contributed by atoms with Crippen LogP contribution in [0.1, 0.15) is 52.0 Å². The van der Waals surface area contributed by atoms with Gasteiger partial charge in [-0.25, -0.2) is 4.98 Å². The minimum absolute atomic E-state index is 0.0187. The second-order valence-electron chi connectivity index (χ2n) is 8.41. The number of carbonyl (C=O) groups is 1. The quantitative estimate of drug-likeness (QED) is 0.510. The van der Waals surface area contributed by atoms with E-state index in [1.807, 2.05) is 72.0 Å². The van der Waals surface area contributed by atoms with Crippen molar-refractivity contribution in [3.05, 3.63) is 76.9 Å². The number of nitrogens with zero attached hydrogens (tertiary/aromatic N) is 4. The van der Waals surface area contributed by atoms with Gasteiger partial charge in [0, 0.05) is 23.4 Å². The Morgan fingerprint density at radius 1 is 1.19 bits per heavy atom. The van der Waals surface area contributed by atoms with Crippen LogP contribution in [0.5, 0.6) is 5.75 Å². The molecule has 164 valence electrons. The van der Waals surface area contributed by atoms with Crippen LogP contribution in [0.25, 0.3) is 11.0 Å². The summed E-state index contributed by atoms with van der Waals surface area (Å²) < 4.78 is 7.51. The number of likely N-dealkylation sites (tertiary alicyclic amines) is 1. The molecular formula is C25H27N5O2. The zero-order valence-electron chi connectivity index (χ0n) is 18.6. The van der Waals surface area contributed by atoms with Crippen LogP contribution in [0.2, 0.25) is 0 Å². The molecule has 32 heavy (non-hydrogen) atoms. The predicted octanol–water partition coefficient (Wildman–Crippen LogP) is 4.41. The first kappa shape index (κ1) is 20.3. The Labute approximate surface area is 187 Å². The summed E-state index contributed by atoms with van der Waals surface area (Å²) in [5.41, 5.74) is 5.57. The molecule has 0 radical (unpaired) electrons. The number of hydrogen-bond acceptors (Lipinski definition) is 4. The van der Waals surface area contributed by atoms with E-state index < -0.39 is 0 Å². The predicted molar refractivity (Wildman–Crippen MR) is 123 cm³/mol. The standard InChI is InChI=1S/C25H27N5O2/c1-16-13-17(2)30(28-16)15-19-14-18(10-11-23(19)32-3)25(31)29-12-6-9-22(29)24-26-20-7-4-5-8-21(20)27-24/h4-5,7-8,10-11,13-14,22H,6,9,12,15H2,1-3H3,(H,26,27)/t22-/m0/s1. The molecule has 1 aliphatic heterocycles. The van der Waals surface area contributed by atoms with Crippen molar-refractivity contribution < 1.29 is 9.53 Å². The van der Waals surface area contributed by atoms with Crippen LogP contribution >= 0.6 is 0 Å². The molecule has 7 nitrogen and oxygen atoms in total. The number of benzene rings is 2. The van der Waals surface area contributed by atoms with Crippen molar-refractivity contribution in [2.24, 2.45) is 0 Å². The molecule has 2 aromatic heterocycles. The molecule has 1 atom stereocenters. The molecule has 2 aromatic carbocycles. The third kappa shape index (κ3) is 3.64. The van der Waals surface area contributed by atoms with Gasteiger partial charge in [0.25, 0.3) is 5.91 Å². The van der Waals surface area contributed by atoms with Gasteiger partial charge >= 0.3 is 0 Å². The maximum Gasteiger partial charge on any atom is 0.254 e. The largest absolute Gasteiger partial charge is 0.496 e. The van der Waals surface area contributed by atoms with E-state index in [1.54, 1.807) is 7.11 Å². The minimum Gasteiger partial charge on any atom is -0.496 e. The Hall–Kier alpha value is -3.61. The Kier molecular flexibility index (Phi) is 5.17. The molecule has 1 N–H and O–H groups in total. The third-order valence-corrected chi connectivity index (χ3v) is 6.19. The van der Waals surface area contributed by atoms with Gasteiger partial charge in [0.2, 0.25) is 0 Å². The molecule has 4 aromatic rings. The van der Waals surface area contributed by atoms with E-state index in [0.717, 1.165) is 58.9 Å². The molecule has 0 spiro atoms. The van der Waals surface area contributed by atoms with Crippen LogP contribution in [0.4, 0.5) is 0 Å². The molecular weight excluding hydrogens is 402 g/mol. The van der Waals surface area contributed by atoms with Crippen molar-refractivity contribution in [3.8, 4) is 5.75 Å². The van der Waals surface area contributed by atoms with Crippen molar-refractivity contribution in [3.63, 3.8) is 0 Å². The summed E-state index contributed by atoms with van der Waals surface area (Å²) in [6.07, 6.45) is 1.86. The number of imidazole rings is 1. The number of aromatic nitrogens is 4. The Bertz CT molecular complexity index is 1260. The lowest BCUT2D eigenvalue weighted by Gasteiger charge is -2.24. The van der Waals surface area contributed by atoms with Crippen LogP contribution in [0.15, 0.2) is 48.5 Å². The lowest BCUT2D eigenvalue weighted by Crippen LogP contribution is -2.31. The van der Waals surface area contributed by atoms with Gasteiger partial charge in [-0.05, 0) is 63.1 Å². The van der Waals surface area contributed by atoms with Crippen LogP contribution < -0.4 is 4.74 Å². The maximum atomic E-state index is 13.5.